The number of amides is 2. The van der Waals surface area contributed by atoms with Gasteiger partial charge in [-0.15, -0.1) is 0 Å². The van der Waals surface area contributed by atoms with Crippen LogP contribution in [0.4, 0.5) is 11.4 Å². The molecule has 0 aliphatic heterocycles. The van der Waals surface area contributed by atoms with Gasteiger partial charge in [0.05, 0.1) is 17.1 Å². The minimum absolute atomic E-state index is 0.00467. The third-order valence-electron chi connectivity index (χ3n) is 9.99. The number of ether oxygens (including phenoxy) is 1. The summed E-state index contributed by atoms with van der Waals surface area (Å²) >= 11 is 0. The number of phenols is 1. The molecule has 0 aliphatic rings. The van der Waals surface area contributed by atoms with E-state index in [9.17, 15) is 23.1 Å². The van der Waals surface area contributed by atoms with Crippen LogP contribution in [0.2, 0.25) is 0 Å². The molecule has 0 unspecified atom stereocenters. The quantitative estimate of drug-likeness (QED) is 0.0902. The molecule has 4 aromatic carbocycles. The summed E-state index contributed by atoms with van der Waals surface area (Å²) in [6, 6.07) is 20.7. The Hall–Kier alpha value is -4.41. The molecule has 0 fully saturated rings. The van der Waals surface area contributed by atoms with Gasteiger partial charge < -0.3 is 20.5 Å². The Bertz CT molecular complexity index is 2030. The molecule has 0 saturated carbocycles. The summed E-state index contributed by atoms with van der Waals surface area (Å²) in [5.41, 5.74) is 2.66. The maximum atomic E-state index is 13.3. The van der Waals surface area contributed by atoms with Gasteiger partial charge in [-0.2, -0.15) is 0 Å². The first-order valence-corrected chi connectivity index (χ1v) is 19.5. The molecule has 0 bridgehead atoms. The van der Waals surface area contributed by atoms with Gasteiger partial charge in [-0.05, 0) is 78.5 Å². The van der Waals surface area contributed by atoms with Crippen LogP contribution in [0.1, 0.15) is 109 Å². The third-order valence-corrected chi connectivity index (χ3v) is 11.4. The Kier molecular flexibility index (Phi) is 12.5. The fraction of sp³-hybridized carbons (Fsp3) is 0.429. The van der Waals surface area contributed by atoms with Crippen LogP contribution in [-0.4, -0.2) is 38.5 Å². The molecule has 2 amide bonds. The number of carbonyl (C=O) groups excluding carboxylic acids is 2. The molecule has 0 radical (unpaired) electrons. The fourth-order valence-electron chi connectivity index (χ4n) is 5.58. The number of rotatable bonds is 15. The van der Waals surface area contributed by atoms with Crippen molar-refractivity contribution in [3.63, 3.8) is 0 Å². The van der Waals surface area contributed by atoms with Gasteiger partial charge in [0, 0.05) is 39.7 Å². The number of aromatic hydroxyl groups is 1. The lowest BCUT2D eigenvalue weighted by Gasteiger charge is -2.30. The van der Waals surface area contributed by atoms with Crippen molar-refractivity contribution in [1.82, 2.24) is 4.72 Å². The number of benzene rings is 4. The first-order chi connectivity index (χ1) is 24.3. The summed E-state index contributed by atoms with van der Waals surface area (Å²) < 4.78 is 35.2. The van der Waals surface area contributed by atoms with Gasteiger partial charge >= 0.3 is 0 Å². The first kappa shape index (κ1) is 40.4. The average molecular weight is 730 g/mol. The van der Waals surface area contributed by atoms with Gasteiger partial charge in [0.25, 0.3) is 5.91 Å². The number of sulfonamides is 1. The Balaban J connectivity index is 1.36. The van der Waals surface area contributed by atoms with Crippen molar-refractivity contribution in [1.29, 1.82) is 0 Å². The highest BCUT2D eigenvalue weighted by molar-refractivity contribution is 7.89. The minimum atomic E-state index is -3.86. The van der Waals surface area contributed by atoms with Gasteiger partial charge in [0.15, 0.2) is 0 Å². The molecule has 0 aliphatic carbocycles. The van der Waals surface area contributed by atoms with Gasteiger partial charge in [0.1, 0.15) is 11.5 Å². The van der Waals surface area contributed by atoms with Crippen molar-refractivity contribution in [3.8, 4) is 11.5 Å². The van der Waals surface area contributed by atoms with Gasteiger partial charge in [0.2, 0.25) is 15.9 Å². The summed E-state index contributed by atoms with van der Waals surface area (Å²) in [6.07, 6.45) is 3.24. The summed E-state index contributed by atoms with van der Waals surface area (Å²) in [4.78, 5) is 25.8. The van der Waals surface area contributed by atoms with Crippen molar-refractivity contribution in [2.45, 2.75) is 104 Å². The van der Waals surface area contributed by atoms with E-state index < -0.39 is 21.3 Å². The Morgan fingerprint density at radius 3 is 2.13 bits per heavy atom. The lowest BCUT2D eigenvalue weighted by atomic mass is 9.76. The highest BCUT2D eigenvalue weighted by Gasteiger charge is 2.27. The topological polar surface area (TPSA) is 134 Å². The van der Waals surface area contributed by atoms with Crippen molar-refractivity contribution in [2.75, 3.05) is 23.8 Å². The van der Waals surface area contributed by atoms with Crippen LogP contribution in [0.15, 0.2) is 77.7 Å². The number of phenolic OH excluding ortho intramolecular Hbond substituents is 1. The van der Waals surface area contributed by atoms with Crippen LogP contribution in [0.25, 0.3) is 10.8 Å². The molecule has 0 atom stereocenters. The Labute approximate surface area is 309 Å². The maximum Gasteiger partial charge on any atom is 0.259 e. The molecule has 9 nitrogen and oxygen atoms in total. The van der Waals surface area contributed by atoms with Gasteiger partial charge in [-0.1, -0.05) is 98.7 Å². The second kappa shape index (κ2) is 16.1. The molecule has 280 valence electrons. The summed E-state index contributed by atoms with van der Waals surface area (Å²) in [5, 5.41) is 17.6. The van der Waals surface area contributed by atoms with Crippen LogP contribution in [0.3, 0.4) is 0 Å². The van der Waals surface area contributed by atoms with E-state index in [-0.39, 0.29) is 45.2 Å². The van der Waals surface area contributed by atoms with E-state index in [1.807, 2.05) is 0 Å². The Morgan fingerprint density at radius 1 is 0.769 bits per heavy atom. The highest BCUT2D eigenvalue weighted by Crippen LogP contribution is 2.39. The lowest BCUT2D eigenvalue weighted by Crippen LogP contribution is -2.27. The molecule has 10 heteroatoms. The molecular weight excluding hydrogens is 675 g/mol. The molecule has 0 heterocycles. The van der Waals surface area contributed by atoms with Crippen LogP contribution in [0.5, 0.6) is 11.5 Å². The van der Waals surface area contributed by atoms with E-state index in [2.05, 4.69) is 75.1 Å². The van der Waals surface area contributed by atoms with Gasteiger partial charge in [-0.25, -0.2) is 13.1 Å². The smallest absolute Gasteiger partial charge is 0.259 e. The average Bonchev–Trinajstić information content (AvgIpc) is 3.09. The molecule has 0 saturated heterocycles. The van der Waals surface area contributed by atoms with Crippen LogP contribution in [0, 0.1) is 5.41 Å². The summed E-state index contributed by atoms with van der Waals surface area (Å²) in [5.74, 6) is -0.176. The summed E-state index contributed by atoms with van der Waals surface area (Å²) in [6.45, 7) is 19.4. The number of hydrogen-bond donors (Lipinski definition) is 4. The van der Waals surface area contributed by atoms with Crippen molar-refractivity contribution in [2.24, 2.45) is 5.41 Å². The third kappa shape index (κ3) is 9.52. The first-order valence-electron chi connectivity index (χ1n) is 18.1. The van der Waals surface area contributed by atoms with E-state index in [0.29, 0.717) is 35.9 Å². The fourth-order valence-corrected chi connectivity index (χ4v) is 6.70. The normalized spacial score (nSPS) is 12.5. The lowest BCUT2D eigenvalue weighted by molar-refractivity contribution is -0.123. The zero-order valence-electron chi connectivity index (χ0n) is 32.1. The van der Waals surface area contributed by atoms with E-state index >= 15 is 0 Å². The predicted molar refractivity (Wildman–Crippen MR) is 211 cm³/mol. The Morgan fingerprint density at radius 2 is 1.46 bits per heavy atom. The second-order valence-electron chi connectivity index (χ2n) is 15.7. The SMILES string of the molecule is CCC(C)(C)c1ccc(OCCCCNS(=O)(=O)c2cccc(NC(=O)c3ccc4c(NC(=O)C(C)(C)C)cccc4c3O)c2)c(C(C)(C)CC)c1. The van der Waals surface area contributed by atoms with Crippen molar-refractivity contribution < 1.29 is 27.9 Å². The van der Waals surface area contributed by atoms with Crippen molar-refractivity contribution in [3.05, 3.63) is 89.5 Å². The molecule has 4 aromatic rings. The molecule has 52 heavy (non-hydrogen) atoms. The van der Waals surface area contributed by atoms with Crippen LogP contribution in [-0.2, 0) is 25.6 Å². The predicted octanol–water partition coefficient (Wildman–Crippen LogP) is 9.30. The molecular formula is C42H55N3O6S. The molecule has 0 spiro atoms. The number of carbonyl (C=O) groups is 2. The van der Waals surface area contributed by atoms with Gasteiger partial charge in [-0.3, -0.25) is 9.59 Å². The zero-order chi connectivity index (χ0) is 38.5. The monoisotopic (exact) mass is 729 g/mol. The van der Waals surface area contributed by atoms with E-state index in [1.54, 1.807) is 57.2 Å². The summed E-state index contributed by atoms with van der Waals surface area (Å²) in [7, 11) is -3.86. The number of fused-ring (bicyclic) bond motifs is 1. The highest BCUT2D eigenvalue weighted by atomic mass is 32.2. The van der Waals surface area contributed by atoms with E-state index in [4.69, 9.17) is 4.74 Å². The van der Waals surface area contributed by atoms with E-state index in [1.165, 1.54) is 29.3 Å². The number of anilines is 2. The largest absolute Gasteiger partial charge is 0.506 e. The zero-order valence-corrected chi connectivity index (χ0v) is 32.9. The van der Waals surface area contributed by atoms with Crippen LogP contribution >= 0.6 is 0 Å². The molecule has 4 N–H and O–H groups in total. The number of unbranched alkanes of at least 4 members (excludes halogenated alkanes) is 1. The molecule has 0 aromatic heterocycles. The number of hydrogen-bond acceptors (Lipinski definition) is 6. The standard InChI is InChI=1S/C42H55N3O6S/c1-10-41(6,7)28-20-23-36(34(26-28)42(8,9)11-2)51-25-13-12-24-43-52(49,50)30-17-14-16-29(27-30)44-38(47)33-22-21-31-32(37(33)46)18-15-19-35(31)45-39(48)40(3,4)5/h14-23,26-27,43,46H,10-13,24-25H2,1-9H3,(H,44,47)(H,45,48). The van der Waals surface area contributed by atoms with Crippen LogP contribution < -0.4 is 20.1 Å². The minimum Gasteiger partial charge on any atom is -0.506 e. The maximum absolute atomic E-state index is 13.3. The molecule has 4 rings (SSSR count). The number of nitrogens with one attached hydrogen (secondary N) is 3. The second-order valence-corrected chi connectivity index (χ2v) is 17.5. The van der Waals surface area contributed by atoms with Crippen molar-refractivity contribution >= 4 is 44.0 Å². The van der Waals surface area contributed by atoms with E-state index in [0.717, 1.165) is 18.6 Å².